The van der Waals surface area contributed by atoms with Gasteiger partial charge in [-0.2, -0.15) is 13.2 Å². The van der Waals surface area contributed by atoms with Crippen LogP contribution < -0.4 is 0 Å². The highest BCUT2D eigenvalue weighted by molar-refractivity contribution is 7.10. The first-order valence-electron chi connectivity index (χ1n) is 5.65. The van der Waals surface area contributed by atoms with E-state index >= 15 is 0 Å². The zero-order valence-corrected chi connectivity index (χ0v) is 10.9. The van der Waals surface area contributed by atoms with Gasteiger partial charge in [-0.05, 0) is 22.4 Å². The Morgan fingerprint density at radius 2 is 1.67 bits per heavy atom. The summed E-state index contributed by atoms with van der Waals surface area (Å²) in [5.41, 5.74) is 1.73. The summed E-state index contributed by atoms with van der Waals surface area (Å²) in [5, 5.41) is 1.62. The Labute approximate surface area is 108 Å². The molecule has 18 heavy (non-hydrogen) atoms. The van der Waals surface area contributed by atoms with Gasteiger partial charge in [-0.1, -0.05) is 44.2 Å². The standard InChI is InChI=1S/C14H13F3S/c1-9(2)11-8-18-13(14(15,16)17)12(11)10-6-4-3-5-7-10/h3-9H,1-2H3. The number of rotatable bonds is 2. The highest BCUT2D eigenvalue weighted by Crippen LogP contribution is 2.45. The van der Waals surface area contributed by atoms with Crippen LogP contribution in [0.5, 0.6) is 0 Å². The average molecular weight is 270 g/mol. The molecule has 1 heterocycles. The summed E-state index contributed by atoms with van der Waals surface area (Å²) in [4.78, 5) is -0.502. The Kier molecular flexibility index (Phi) is 3.48. The van der Waals surface area contributed by atoms with E-state index in [1.807, 2.05) is 13.8 Å². The van der Waals surface area contributed by atoms with Crippen molar-refractivity contribution in [2.45, 2.75) is 25.9 Å². The van der Waals surface area contributed by atoms with Gasteiger partial charge in [0.1, 0.15) is 4.88 Å². The molecule has 96 valence electrons. The van der Waals surface area contributed by atoms with Gasteiger partial charge in [0, 0.05) is 5.56 Å². The first kappa shape index (κ1) is 13.1. The van der Waals surface area contributed by atoms with Crippen molar-refractivity contribution in [3.05, 3.63) is 46.2 Å². The van der Waals surface area contributed by atoms with Gasteiger partial charge in [-0.25, -0.2) is 0 Å². The van der Waals surface area contributed by atoms with Crippen LogP contribution in [0.3, 0.4) is 0 Å². The summed E-state index contributed by atoms with van der Waals surface area (Å²) < 4.78 is 39.1. The first-order valence-corrected chi connectivity index (χ1v) is 6.53. The van der Waals surface area contributed by atoms with Gasteiger partial charge in [0.25, 0.3) is 0 Å². The fraction of sp³-hybridized carbons (Fsp3) is 0.286. The molecule has 0 aliphatic rings. The topological polar surface area (TPSA) is 0 Å². The molecule has 0 amide bonds. The maximum Gasteiger partial charge on any atom is 0.426 e. The molecule has 0 radical (unpaired) electrons. The molecule has 0 unspecified atom stereocenters. The predicted octanol–water partition coefficient (Wildman–Crippen LogP) is 5.56. The smallest absolute Gasteiger partial charge is 0.165 e. The van der Waals surface area contributed by atoms with E-state index in [9.17, 15) is 13.2 Å². The molecule has 1 aromatic carbocycles. The van der Waals surface area contributed by atoms with Crippen LogP contribution in [0.25, 0.3) is 11.1 Å². The molecule has 0 saturated carbocycles. The van der Waals surface area contributed by atoms with Crippen LogP contribution in [0.1, 0.15) is 30.2 Å². The summed E-state index contributed by atoms with van der Waals surface area (Å²) in [6, 6.07) is 8.78. The van der Waals surface area contributed by atoms with Crippen molar-refractivity contribution in [1.29, 1.82) is 0 Å². The van der Waals surface area contributed by atoms with Gasteiger partial charge < -0.3 is 0 Å². The SMILES string of the molecule is CC(C)c1csc(C(F)(F)F)c1-c1ccccc1. The molecule has 0 aliphatic heterocycles. The lowest BCUT2D eigenvalue weighted by molar-refractivity contribution is -0.133. The van der Waals surface area contributed by atoms with Crippen LogP contribution in [0.15, 0.2) is 35.7 Å². The summed E-state index contributed by atoms with van der Waals surface area (Å²) >= 11 is 0.781. The van der Waals surface area contributed by atoms with Crippen molar-refractivity contribution in [2.75, 3.05) is 0 Å². The largest absolute Gasteiger partial charge is 0.426 e. The van der Waals surface area contributed by atoms with Crippen LogP contribution >= 0.6 is 11.3 Å². The highest BCUT2D eigenvalue weighted by atomic mass is 32.1. The van der Waals surface area contributed by atoms with E-state index in [4.69, 9.17) is 0 Å². The maximum atomic E-state index is 13.0. The molecule has 0 bridgehead atoms. The molecule has 0 saturated heterocycles. The minimum absolute atomic E-state index is 0.0764. The van der Waals surface area contributed by atoms with E-state index in [0.717, 1.165) is 16.9 Å². The van der Waals surface area contributed by atoms with Crippen LogP contribution in [0.4, 0.5) is 13.2 Å². The lowest BCUT2D eigenvalue weighted by Crippen LogP contribution is -2.04. The molecular formula is C14H13F3S. The summed E-state index contributed by atoms with van der Waals surface area (Å²) in [5.74, 6) is 0.0764. The normalized spacial score (nSPS) is 12.1. The molecule has 0 N–H and O–H groups in total. The van der Waals surface area contributed by atoms with E-state index < -0.39 is 11.1 Å². The third-order valence-corrected chi connectivity index (χ3v) is 3.80. The van der Waals surface area contributed by atoms with Gasteiger partial charge >= 0.3 is 6.18 Å². The minimum Gasteiger partial charge on any atom is -0.165 e. The summed E-state index contributed by atoms with van der Waals surface area (Å²) in [6.07, 6.45) is -4.29. The van der Waals surface area contributed by atoms with E-state index in [1.54, 1.807) is 35.7 Å². The van der Waals surface area contributed by atoms with Gasteiger partial charge in [0.15, 0.2) is 0 Å². The zero-order valence-electron chi connectivity index (χ0n) is 10.1. The molecule has 2 aromatic rings. The second-order valence-corrected chi connectivity index (χ2v) is 5.29. The van der Waals surface area contributed by atoms with Crippen molar-refractivity contribution in [1.82, 2.24) is 0 Å². The number of hydrogen-bond donors (Lipinski definition) is 0. The van der Waals surface area contributed by atoms with Gasteiger partial charge in [-0.15, -0.1) is 11.3 Å². The van der Waals surface area contributed by atoms with Crippen molar-refractivity contribution in [3.63, 3.8) is 0 Å². The second-order valence-electron chi connectivity index (χ2n) is 4.41. The Bertz CT molecular complexity index is 524. The maximum absolute atomic E-state index is 13.0. The van der Waals surface area contributed by atoms with E-state index in [-0.39, 0.29) is 5.92 Å². The van der Waals surface area contributed by atoms with Crippen molar-refractivity contribution < 1.29 is 13.2 Å². The van der Waals surface area contributed by atoms with E-state index in [0.29, 0.717) is 11.1 Å². The zero-order chi connectivity index (χ0) is 13.3. The molecule has 0 fully saturated rings. The lowest BCUT2D eigenvalue weighted by Gasteiger charge is -2.12. The van der Waals surface area contributed by atoms with E-state index in [1.165, 1.54) is 0 Å². The van der Waals surface area contributed by atoms with Crippen molar-refractivity contribution >= 4 is 11.3 Å². The Hall–Kier alpha value is -1.29. The molecule has 4 heteroatoms. The number of thiophene rings is 1. The number of alkyl halides is 3. The molecule has 0 atom stereocenters. The fourth-order valence-corrected chi connectivity index (χ4v) is 3.03. The molecule has 0 aliphatic carbocycles. The van der Waals surface area contributed by atoms with Crippen molar-refractivity contribution in [3.8, 4) is 11.1 Å². The summed E-state index contributed by atoms with van der Waals surface area (Å²) in [7, 11) is 0. The Balaban J connectivity index is 2.66. The Morgan fingerprint density at radius 3 is 2.17 bits per heavy atom. The van der Waals surface area contributed by atoms with Crippen molar-refractivity contribution in [2.24, 2.45) is 0 Å². The fourth-order valence-electron chi connectivity index (χ4n) is 1.91. The van der Waals surface area contributed by atoms with Crippen LogP contribution in [0.2, 0.25) is 0 Å². The third kappa shape index (κ3) is 2.43. The third-order valence-electron chi connectivity index (χ3n) is 2.76. The second kappa shape index (κ2) is 4.76. The van der Waals surface area contributed by atoms with Gasteiger partial charge in [-0.3, -0.25) is 0 Å². The molecule has 0 nitrogen and oxygen atoms in total. The van der Waals surface area contributed by atoms with Gasteiger partial charge in [0.2, 0.25) is 0 Å². The quantitative estimate of drug-likeness (QED) is 0.670. The monoisotopic (exact) mass is 270 g/mol. The molecule has 1 aromatic heterocycles. The highest BCUT2D eigenvalue weighted by Gasteiger charge is 2.37. The molecule has 0 spiro atoms. The molecule has 2 rings (SSSR count). The number of hydrogen-bond acceptors (Lipinski definition) is 1. The first-order chi connectivity index (χ1) is 8.41. The average Bonchev–Trinajstić information content (AvgIpc) is 2.74. The van der Waals surface area contributed by atoms with Crippen LogP contribution in [-0.4, -0.2) is 0 Å². The van der Waals surface area contributed by atoms with Crippen LogP contribution in [0, 0.1) is 0 Å². The lowest BCUT2D eigenvalue weighted by atomic mass is 9.95. The van der Waals surface area contributed by atoms with Crippen LogP contribution in [-0.2, 0) is 6.18 Å². The van der Waals surface area contributed by atoms with E-state index in [2.05, 4.69) is 0 Å². The summed E-state index contributed by atoms with van der Waals surface area (Å²) in [6.45, 7) is 3.82. The number of halogens is 3. The molecular weight excluding hydrogens is 257 g/mol. The predicted molar refractivity (Wildman–Crippen MR) is 68.8 cm³/mol. The Morgan fingerprint density at radius 1 is 1.06 bits per heavy atom. The number of benzene rings is 1. The van der Waals surface area contributed by atoms with Gasteiger partial charge in [0.05, 0.1) is 0 Å². The minimum atomic E-state index is -4.29.